The Bertz CT molecular complexity index is 369. The summed E-state index contributed by atoms with van der Waals surface area (Å²) in [7, 11) is 2.18. The van der Waals surface area contributed by atoms with Crippen molar-refractivity contribution in [2.75, 3.05) is 25.0 Å². The van der Waals surface area contributed by atoms with Crippen molar-refractivity contribution in [3.05, 3.63) is 11.1 Å². The van der Waals surface area contributed by atoms with Gasteiger partial charge in [-0.2, -0.15) is 0 Å². The highest BCUT2D eigenvalue weighted by Crippen LogP contribution is 2.28. The van der Waals surface area contributed by atoms with Crippen LogP contribution >= 0.6 is 11.3 Å². The van der Waals surface area contributed by atoms with Gasteiger partial charge >= 0.3 is 0 Å². The standard InChI is InChI=1S/C15H27N3S/c1-12(2)8-16-9-14-10-17-15(19-14)18(3)11-13-6-4-5-7-13/h10,12-13,16H,4-9,11H2,1-3H3. The van der Waals surface area contributed by atoms with Gasteiger partial charge in [-0.15, -0.1) is 11.3 Å². The molecule has 1 aromatic heterocycles. The van der Waals surface area contributed by atoms with Crippen LogP contribution in [0.15, 0.2) is 6.20 Å². The van der Waals surface area contributed by atoms with E-state index in [0.717, 1.165) is 19.0 Å². The summed E-state index contributed by atoms with van der Waals surface area (Å²) in [4.78, 5) is 8.24. The van der Waals surface area contributed by atoms with E-state index in [9.17, 15) is 0 Å². The topological polar surface area (TPSA) is 28.2 Å². The highest BCUT2D eigenvalue weighted by Gasteiger charge is 2.18. The van der Waals surface area contributed by atoms with E-state index in [0.29, 0.717) is 5.92 Å². The Kier molecular flexibility index (Phi) is 5.64. The molecule has 0 radical (unpaired) electrons. The van der Waals surface area contributed by atoms with Crippen LogP contribution in [-0.2, 0) is 6.54 Å². The second kappa shape index (κ2) is 7.25. The van der Waals surface area contributed by atoms with Crippen molar-refractivity contribution >= 4 is 16.5 Å². The van der Waals surface area contributed by atoms with Crippen LogP contribution in [0.1, 0.15) is 44.4 Å². The van der Waals surface area contributed by atoms with Gasteiger partial charge in [-0.25, -0.2) is 4.98 Å². The van der Waals surface area contributed by atoms with E-state index >= 15 is 0 Å². The van der Waals surface area contributed by atoms with E-state index in [4.69, 9.17) is 0 Å². The van der Waals surface area contributed by atoms with Crippen molar-refractivity contribution in [3.8, 4) is 0 Å². The minimum atomic E-state index is 0.706. The van der Waals surface area contributed by atoms with Crippen LogP contribution in [0.3, 0.4) is 0 Å². The average Bonchev–Trinajstić information content (AvgIpc) is 2.99. The molecule has 4 heteroatoms. The van der Waals surface area contributed by atoms with Gasteiger partial charge < -0.3 is 10.2 Å². The van der Waals surface area contributed by atoms with Gasteiger partial charge in [0.05, 0.1) is 0 Å². The summed E-state index contributed by atoms with van der Waals surface area (Å²) in [6.45, 7) is 7.67. The molecule has 0 atom stereocenters. The zero-order chi connectivity index (χ0) is 13.7. The van der Waals surface area contributed by atoms with Crippen molar-refractivity contribution < 1.29 is 0 Å². The molecule has 2 rings (SSSR count). The third-order valence-corrected chi connectivity index (χ3v) is 4.84. The molecule has 19 heavy (non-hydrogen) atoms. The van der Waals surface area contributed by atoms with E-state index in [1.165, 1.54) is 42.2 Å². The number of rotatable bonds is 7. The monoisotopic (exact) mass is 281 g/mol. The molecule has 3 nitrogen and oxygen atoms in total. The Labute approximate surface area is 121 Å². The predicted molar refractivity (Wildman–Crippen MR) is 83.9 cm³/mol. The number of nitrogens with one attached hydrogen (secondary N) is 1. The van der Waals surface area contributed by atoms with Gasteiger partial charge in [0.2, 0.25) is 0 Å². The second-order valence-corrected chi connectivity index (χ2v) is 7.26. The van der Waals surface area contributed by atoms with Crippen LogP contribution in [0.4, 0.5) is 5.13 Å². The van der Waals surface area contributed by atoms with Crippen LogP contribution in [-0.4, -0.2) is 25.1 Å². The largest absolute Gasteiger partial charge is 0.351 e. The van der Waals surface area contributed by atoms with Gasteiger partial charge in [0, 0.05) is 31.2 Å². The molecule has 1 fully saturated rings. The summed E-state index contributed by atoms with van der Waals surface area (Å²) in [5.74, 6) is 1.59. The molecule has 1 aromatic rings. The molecule has 1 heterocycles. The van der Waals surface area contributed by atoms with Crippen LogP contribution in [0.25, 0.3) is 0 Å². The van der Waals surface area contributed by atoms with Crippen molar-refractivity contribution in [1.29, 1.82) is 0 Å². The van der Waals surface area contributed by atoms with E-state index in [-0.39, 0.29) is 0 Å². The molecule has 1 N–H and O–H groups in total. The summed E-state index contributed by atoms with van der Waals surface area (Å²) >= 11 is 1.83. The molecule has 0 amide bonds. The molecular formula is C15H27N3S. The van der Waals surface area contributed by atoms with Crippen molar-refractivity contribution in [3.63, 3.8) is 0 Å². The maximum atomic E-state index is 4.56. The van der Waals surface area contributed by atoms with E-state index in [1.54, 1.807) is 0 Å². The third kappa shape index (κ3) is 4.77. The molecule has 1 saturated carbocycles. The van der Waals surface area contributed by atoms with Gasteiger partial charge in [-0.05, 0) is 31.2 Å². The van der Waals surface area contributed by atoms with Gasteiger partial charge in [0.25, 0.3) is 0 Å². The third-order valence-electron chi connectivity index (χ3n) is 3.73. The van der Waals surface area contributed by atoms with Gasteiger partial charge in [-0.3, -0.25) is 0 Å². The molecule has 0 unspecified atom stereocenters. The number of hydrogen-bond donors (Lipinski definition) is 1. The summed E-state index contributed by atoms with van der Waals surface area (Å²) in [5, 5.41) is 4.65. The SMILES string of the molecule is CC(C)CNCc1cnc(N(C)CC2CCCC2)s1. The maximum Gasteiger partial charge on any atom is 0.185 e. The van der Waals surface area contributed by atoms with Crippen molar-refractivity contribution in [1.82, 2.24) is 10.3 Å². The Morgan fingerprint density at radius 2 is 2.16 bits per heavy atom. The van der Waals surface area contributed by atoms with Gasteiger partial charge in [0.1, 0.15) is 0 Å². The number of aromatic nitrogens is 1. The van der Waals surface area contributed by atoms with Crippen LogP contribution in [0, 0.1) is 11.8 Å². The lowest BCUT2D eigenvalue weighted by molar-refractivity contribution is 0.546. The van der Waals surface area contributed by atoms with E-state index < -0.39 is 0 Å². The minimum absolute atomic E-state index is 0.706. The zero-order valence-corrected chi connectivity index (χ0v) is 13.3. The molecule has 0 spiro atoms. The van der Waals surface area contributed by atoms with Crippen molar-refractivity contribution in [2.45, 2.75) is 46.1 Å². The van der Waals surface area contributed by atoms with Crippen LogP contribution < -0.4 is 10.2 Å². The fourth-order valence-electron chi connectivity index (χ4n) is 2.70. The van der Waals surface area contributed by atoms with Crippen LogP contribution in [0.5, 0.6) is 0 Å². The van der Waals surface area contributed by atoms with Gasteiger partial charge in [-0.1, -0.05) is 26.7 Å². The van der Waals surface area contributed by atoms with E-state index in [1.807, 2.05) is 17.5 Å². The summed E-state index contributed by atoms with van der Waals surface area (Å²) < 4.78 is 0. The molecule has 108 valence electrons. The predicted octanol–water partition coefficient (Wildman–Crippen LogP) is 3.52. The zero-order valence-electron chi connectivity index (χ0n) is 12.5. The smallest absolute Gasteiger partial charge is 0.185 e. The first kappa shape index (κ1) is 14.8. The number of hydrogen-bond acceptors (Lipinski definition) is 4. The first-order chi connectivity index (χ1) is 9.15. The molecule has 0 bridgehead atoms. The number of thiazole rings is 1. The maximum absolute atomic E-state index is 4.56. The van der Waals surface area contributed by atoms with E-state index in [2.05, 4.69) is 36.1 Å². The summed E-state index contributed by atoms with van der Waals surface area (Å²) in [6.07, 6.45) is 7.66. The first-order valence-electron chi connectivity index (χ1n) is 7.51. The molecule has 0 aromatic carbocycles. The van der Waals surface area contributed by atoms with Crippen molar-refractivity contribution in [2.24, 2.45) is 11.8 Å². The highest BCUT2D eigenvalue weighted by atomic mass is 32.1. The van der Waals surface area contributed by atoms with Crippen LogP contribution in [0.2, 0.25) is 0 Å². The molecule has 1 aliphatic rings. The lowest BCUT2D eigenvalue weighted by Gasteiger charge is -2.19. The normalized spacial score (nSPS) is 16.4. The Morgan fingerprint density at radius 3 is 2.84 bits per heavy atom. The number of nitrogens with zero attached hydrogens (tertiary/aromatic N) is 2. The number of anilines is 1. The lowest BCUT2D eigenvalue weighted by Crippen LogP contribution is -2.23. The molecule has 0 aliphatic heterocycles. The molecule has 0 saturated heterocycles. The highest BCUT2D eigenvalue weighted by molar-refractivity contribution is 7.15. The quantitative estimate of drug-likeness (QED) is 0.829. The molecular weight excluding hydrogens is 254 g/mol. The average molecular weight is 281 g/mol. The fraction of sp³-hybridized carbons (Fsp3) is 0.800. The first-order valence-corrected chi connectivity index (χ1v) is 8.33. The molecule has 1 aliphatic carbocycles. The Morgan fingerprint density at radius 1 is 1.42 bits per heavy atom. The Hall–Kier alpha value is -0.610. The lowest BCUT2D eigenvalue weighted by atomic mass is 10.1. The Balaban J connectivity index is 1.78. The van der Waals surface area contributed by atoms with Gasteiger partial charge in [0.15, 0.2) is 5.13 Å². The fourth-order valence-corrected chi connectivity index (χ4v) is 3.55. The summed E-state index contributed by atoms with van der Waals surface area (Å²) in [5.41, 5.74) is 0. The minimum Gasteiger partial charge on any atom is -0.351 e. The summed E-state index contributed by atoms with van der Waals surface area (Å²) in [6, 6.07) is 0. The second-order valence-electron chi connectivity index (χ2n) is 6.16.